The first-order valence-corrected chi connectivity index (χ1v) is 11.5. The van der Waals surface area contributed by atoms with Crippen LogP contribution in [0, 0.1) is 5.41 Å². The van der Waals surface area contributed by atoms with Crippen LogP contribution in [-0.4, -0.2) is 52.0 Å². The summed E-state index contributed by atoms with van der Waals surface area (Å²) in [5.41, 5.74) is 0.663. The van der Waals surface area contributed by atoms with E-state index in [1.807, 2.05) is 20.8 Å². The molecule has 1 atom stereocenters. The van der Waals surface area contributed by atoms with E-state index in [1.165, 1.54) is 39.4 Å². The number of aliphatic hydroxyl groups is 1. The van der Waals surface area contributed by atoms with Gasteiger partial charge in [0, 0.05) is 24.6 Å². The molecule has 9 heteroatoms. The average Bonchev–Trinajstić information content (AvgIpc) is 2.83. The molecule has 35 heavy (non-hydrogen) atoms. The first-order valence-electron chi connectivity index (χ1n) is 11.1. The molecule has 0 aliphatic rings. The first kappa shape index (κ1) is 28.3. The molecule has 2 rings (SSSR count). The third-order valence-corrected chi connectivity index (χ3v) is 5.59. The summed E-state index contributed by atoms with van der Waals surface area (Å²) in [5, 5.41) is 11.8. The predicted molar refractivity (Wildman–Crippen MR) is 135 cm³/mol. The van der Waals surface area contributed by atoms with Gasteiger partial charge in [0.05, 0.1) is 51.1 Å². The van der Waals surface area contributed by atoms with E-state index in [1.54, 1.807) is 24.3 Å². The van der Waals surface area contributed by atoms with Crippen molar-refractivity contribution in [2.45, 2.75) is 39.7 Å². The lowest BCUT2D eigenvalue weighted by Gasteiger charge is -2.34. The van der Waals surface area contributed by atoms with Gasteiger partial charge in [-0.05, 0) is 11.5 Å². The Hall–Kier alpha value is -2.97. The average molecular weight is 508 g/mol. The summed E-state index contributed by atoms with van der Waals surface area (Å²) in [6.07, 6.45) is -1.46. The number of amides is 1. The molecule has 0 saturated heterocycles. The molecule has 0 saturated carbocycles. The van der Waals surface area contributed by atoms with Gasteiger partial charge in [-0.2, -0.15) is 0 Å². The molecular weight excluding hydrogens is 474 g/mol. The van der Waals surface area contributed by atoms with Crippen molar-refractivity contribution < 1.29 is 33.6 Å². The summed E-state index contributed by atoms with van der Waals surface area (Å²) in [4.78, 5) is 26.8. The smallest absolute Gasteiger partial charge is 0.306 e. The normalized spacial score (nSPS) is 12.0. The molecule has 192 valence electrons. The number of methoxy groups -OCH3 is 4. The number of carbonyl (C=O) groups is 2. The number of para-hydroxylation sites is 1. The van der Waals surface area contributed by atoms with Crippen LogP contribution in [0.5, 0.6) is 17.2 Å². The zero-order chi connectivity index (χ0) is 26.3. The van der Waals surface area contributed by atoms with E-state index >= 15 is 0 Å². The van der Waals surface area contributed by atoms with Crippen molar-refractivity contribution in [1.82, 2.24) is 0 Å². The fourth-order valence-corrected chi connectivity index (χ4v) is 4.05. The second-order valence-corrected chi connectivity index (χ2v) is 9.52. The van der Waals surface area contributed by atoms with Crippen molar-refractivity contribution in [3.63, 3.8) is 0 Å². The Kier molecular flexibility index (Phi) is 9.80. The van der Waals surface area contributed by atoms with Gasteiger partial charge in [-0.3, -0.25) is 9.59 Å². The predicted octanol–water partition coefficient (Wildman–Crippen LogP) is 4.78. The van der Waals surface area contributed by atoms with Crippen LogP contribution >= 0.6 is 11.6 Å². The lowest BCUT2D eigenvalue weighted by molar-refractivity contribution is -0.141. The van der Waals surface area contributed by atoms with Gasteiger partial charge in [-0.15, -0.1) is 0 Å². The fraction of sp³-hybridized carbons (Fsp3) is 0.462. The van der Waals surface area contributed by atoms with Crippen LogP contribution in [0.4, 0.5) is 5.69 Å². The van der Waals surface area contributed by atoms with E-state index in [2.05, 4.69) is 0 Å². The van der Waals surface area contributed by atoms with E-state index in [0.717, 1.165) is 0 Å². The van der Waals surface area contributed by atoms with Crippen molar-refractivity contribution in [3.8, 4) is 17.2 Å². The lowest BCUT2D eigenvalue weighted by Crippen LogP contribution is -2.39. The van der Waals surface area contributed by atoms with Gasteiger partial charge in [0.1, 0.15) is 23.4 Å². The highest BCUT2D eigenvalue weighted by atomic mass is 35.5. The van der Waals surface area contributed by atoms with Crippen LogP contribution in [0.3, 0.4) is 0 Å². The summed E-state index contributed by atoms with van der Waals surface area (Å²) < 4.78 is 21.4. The zero-order valence-corrected chi connectivity index (χ0v) is 22.1. The Morgan fingerprint density at radius 3 is 2.17 bits per heavy atom. The van der Waals surface area contributed by atoms with Crippen LogP contribution in [-0.2, 0) is 14.3 Å². The second-order valence-electron chi connectivity index (χ2n) is 9.12. The zero-order valence-electron chi connectivity index (χ0n) is 21.3. The number of carbonyl (C=O) groups excluding carboxylic acids is 2. The van der Waals surface area contributed by atoms with E-state index in [-0.39, 0.29) is 52.8 Å². The van der Waals surface area contributed by atoms with E-state index in [0.29, 0.717) is 17.0 Å². The quantitative estimate of drug-likeness (QED) is 0.462. The minimum Gasteiger partial charge on any atom is -0.496 e. The van der Waals surface area contributed by atoms with Crippen LogP contribution in [0.15, 0.2) is 30.3 Å². The highest BCUT2D eigenvalue weighted by Crippen LogP contribution is 2.49. The van der Waals surface area contributed by atoms with Crippen molar-refractivity contribution in [1.29, 1.82) is 0 Å². The summed E-state index contributed by atoms with van der Waals surface area (Å²) in [6.45, 7) is 6.19. The second kappa shape index (κ2) is 12.1. The van der Waals surface area contributed by atoms with Gasteiger partial charge >= 0.3 is 5.97 Å². The Labute approximate surface area is 211 Å². The summed E-state index contributed by atoms with van der Waals surface area (Å²) >= 11 is 6.52. The molecular formula is C26H34ClNO7. The highest BCUT2D eigenvalue weighted by molar-refractivity contribution is 6.32. The molecule has 1 N–H and O–H groups in total. The number of rotatable bonds is 10. The number of nitrogens with zero attached hydrogens (tertiary/aromatic N) is 1. The van der Waals surface area contributed by atoms with E-state index in [4.69, 9.17) is 30.5 Å². The molecule has 0 heterocycles. The van der Waals surface area contributed by atoms with Gasteiger partial charge in [-0.25, -0.2) is 0 Å². The highest BCUT2D eigenvalue weighted by Gasteiger charge is 2.34. The molecule has 2 aromatic carbocycles. The number of benzene rings is 2. The maximum Gasteiger partial charge on any atom is 0.306 e. The molecule has 0 aliphatic heterocycles. The number of esters is 1. The minimum atomic E-state index is -1.28. The number of aliphatic hydroxyl groups excluding tert-OH is 1. The molecule has 1 unspecified atom stereocenters. The van der Waals surface area contributed by atoms with Gasteiger partial charge in [0.25, 0.3) is 0 Å². The van der Waals surface area contributed by atoms with Gasteiger partial charge in [-0.1, -0.05) is 50.6 Å². The van der Waals surface area contributed by atoms with Gasteiger partial charge in [0.15, 0.2) is 0 Å². The van der Waals surface area contributed by atoms with Crippen molar-refractivity contribution in [2.24, 2.45) is 5.41 Å². The molecule has 0 radical (unpaired) electrons. The standard InChI is InChI=1S/C26H34ClNO7/c1-26(2,3)15-28(20(29)12-13-21(30)34-6)23-19(33-5)14-17(27)25(35-7)22(23)24(31)16-10-8-9-11-18(16)32-4/h8-11,14,24,31H,12-13,15H2,1-7H3. The summed E-state index contributed by atoms with van der Waals surface area (Å²) in [5.74, 6) is 0.0766. The number of hydrogen-bond acceptors (Lipinski definition) is 7. The van der Waals surface area contributed by atoms with Gasteiger partial charge < -0.3 is 29.0 Å². The molecule has 0 spiro atoms. The SMILES string of the molecule is COC(=O)CCC(=O)N(CC(C)(C)C)c1c(OC)cc(Cl)c(OC)c1C(O)c1ccccc1OC. The van der Waals surface area contributed by atoms with Crippen LogP contribution in [0.25, 0.3) is 0 Å². The third-order valence-electron chi connectivity index (χ3n) is 5.31. The van der Waals surface area contributed by atoms with Crippen molar-refractivity contribution >= 4 is 29.2 Å². The molecule has 0 aliphatic carbocycles. The van der Waals surface area contributed by atoms with Crippen molar-refractivity contribution in [2.75, 3.05) is 39.9 Å². The van der Waals surface area contributed by atoms with Crippen LogP contribution < -0.4 is 19.1 Å². The first-order chi connectivity index (χ1) is 16.5. The maximum atomic E-state index is 13.5. The van der Waals surface area contributed by atoms with Crippen LogP contribution in [0.2, 0.25) is 5.02 Å². The molecule has 0 aromatic heterocycles. The maximum absolute atomic E-state index is 13.5. The monoisotopic (exact) mass is 507 g/mol. The minimum absolute atomic E-state index is 0.0899. The molecule has 0 bridgehead atoms. The Balaban J connectivity index is 2.83. The topological polar surface area (TPSA) is 94.5 Å². The Morgan fingerprint density at radius 2 is 1.63 bits per heavy atom. The number of hydrogen-bond donors (Lipinski definition) is 1. The van der Waals surface area contributed by atoms with Crippen molar-refractivity contribution in [3.05, 3.63) is 46.5 Å². The fourth-order valence-electron chi connectivity index (χ4n) is 3.77. The molecule has 0 fully saturated rings. The summed E-state index contributed by atoms with van der Waals surface area (Å²) in [6, 6.07) is 8.53. The largest absolute Gasteiger partial charge is 0.496 e. The summed E-state index contributed by atoms with van der Waals surface area (Å²) in [7, 11) is 5.66. The van der Waals surface area contributed by atoms with E-state index < -0.39 is 12.1 Å². The third kappa shape index (κ3) is 6.80. The number of ether oxygens (including phenoxy) is 4. The Bertz CT molecular complexity index is 1050. The van der Waals surface area contributed by atoms with E-state index in [9.17, 15) is 14.7 Å². The number of halogens is 1. The van der Waals surface area contributed by atoms with Gasteiger partial charge in [0.2, 0.25) is 5.91 Å². The molecule has 8 nitrogen and oxygen atoms in total. The molecule has 1 amide bonds. The number of anilines is 1. The molecule has 2 aromatic rings. The Morgan fingerprint density at radius 1 is 1.00 bits per heavy atom. The lowest BCUT2D eigenvalue weighted by atomic mass is 9.92. The van der Waals surface area contributed by atoms with Crippen LogP contribution in [0.1, 0.15) is 50.8 Å².